The van der Waals surface area contributed by atoms with E-state index in [1.54, 1.807) is 31.4 Å². The van der Waals surface area contributed by atoms with Gasteiger partial charge in [0.25, 0.3) is 0 Å². The van der Waals surface area contributed by atoms with Gasteiger partial charge in [0, 0.05) is 17.7 Å². The second kappa shape index (κ2) is 6.80. The van der Waals surface area contributed by atoms with Gasteiger partial charge in [-0.2, -0.15) is 0 Å². The fourth-order valence-electron chi connectivity index (χ4n) is 2.21. The van der Waals surface area contributed by atoms with Gasteiger partial charge >= 0.3 is 5.97 Å². The summed E-state index contributed by atoms with van der Waals surface area (Å²) in [5.41, 5.74) is 9.50. The number of anilines is 1. The third-order valence-electron chi connectivity index (χ3n) is 3.48. The molecule has 0 aliphatic carbocycles. The number of benzene rings is 2. The zero-order valence-corrected chi connectivity index (χ0v) is 12.7. The number of carboxylic acids is 1. The summed E-state index contributed by atoms with van der Waals surface area (Å²) >= 11 is 0. The van der Waals surface area contributed by atoms with Gasteiger partial charge in [0.1, 0.15) is 5.75 Å². The number of hydrogen-bond donors (Lipinski definition) is 2. The van der Waals surface area contributed by atoms with E-state index < -0.39 is 5.97 Å². The van der Waals surface area contributed by atoms with Crippen molar-refractivity contribution in [1.29, 1.82) is 0 Å². The number of rotatable bonds is 5. The molecule has 0 saturated carbocycles. The molecular formula is C18H19NO3. The normalized spacial score (nSPS) is 11.3. The molecule has 0 amide bonds. The molecule has 0 heterocycles. The van der Waals surface area contributed by atoms with E-state index >= 15 is 0 Å². The van der Waals surface area contributed by atoms with Crippen molar-refractivity contribution in [1.82, 2.24) is 0 Å². The Morgan fingerprint density at radius 2 is 1.91 bits per heavy atom. The lowest BCUT2D eigenvalue weighted by atomic mass is 9.98. The molecule has 3 N–H and O–H groups in total. The van der Waals surface area contributed by atoms with Gasteiger partial charge < -0.3 is 15.6 Å². The highest BCUT2D eigenvalue weighted by Gasteiger charge is 2.10. The van der Waals surface area contributed by atoms with Gasteiger partial charge in [-0.15, -0.1) is 0 Å². The Morgan fingerprint density at radius 3 is 2.45 bits per heavy atom. The second-order valence-corrected chi connectivity index (χ2v) is 5.11. The van der Waals surface area contributed by atoms with Crippen molar-refractivity contribution in [2.45, 2.75) is 13.3 Å². The maximum atomic E-state index is 11.5. The molecule has 0 aliphatic rings. The first-order valence-corrected chi connectivity index (χ1v) is 6.92. The van der Waals surface area contributed by atoms with Gasteiger partial charge in [-0.3, -0.25) is 0 Å². The Bertz CT molecular complexity index is 703. The highest BCUT2D eigenvalue weighted by atomic mass is 16.5. The summed E-state index contributed by atoms with van der Waals surface area (Å²) in [6, 6.07) is 12.8. The van der Waals surface area contributed by atoms with Gasteiger partial charge in [-0.25, -0.2) is 4.79 Å². The predicted molar refractivity (Wildman–Crippen MR) is 87.9 cm³/mol. The van der Waals surface area contributed by atoms with Crippen molar-refractivity contribution in [3.63, 3.8) is 0 Å². The Kier molecular flexibility index (Phi) is 4.84. The lowest BCUT2D eigenvalue weighted by molar-refractivity contribution is -0.132. The molecule has 2 rings (SSSR count). The van der Waals surface area contributed by atoms with Crippen molar-refractivity contribution < 1.29 is 14.6 Å². The smallest absolute Gasteiger partial charge is 0.331 e. The van der Waals surface area contributed by atoms with Crippen LogP contribution in [0.4, 0.5) is 5.69 Å². The molecule has 2 aromatic carbocycles. The molecule has 0 fully saturated rings. The van der Waals surface area contributed by atoms with Crippen LogP contribution in [-0.4, -0.2) is 18.2 Å². The Hall–Kier alpha value is -2.75. The Balaban J connectivity index is 2.29. The second-order valence-electron chi connectivity index (χ2n) is 5.11. The fraction of sp³-hybridized carbons (Fsp3) is 0.167. The molecule has 0 unspecified atom stereocenters. The summed E-state index contributed by atoms with van der Waals surface area (Å²) in [6.07, 6.45) is 2.03. The van der Waals surface area contributed by atoms with Gasteiger partial charge in [-0.05, 0) is 54.0 Å². The fourth-order valence-corrected chi connectivity index (χ4v) is 2.21. The van der Waals surface area contributed by atoms with E-state index in [0.29, 0.717) is 17.7 Å². The van der Waals surface area contributed by atoms with Crippen molar-refractivity contribution in [2.75, 3.05) is 12.8 Å². The highest BCUT2D eigenvalue weighted by molar-refractivity contribution is 5.92. The van der Waals surface area contributed by atoms with E-state index in [0.717, 1.165) is 22.4 Å². The van der Waals surface area contributed by atoms with Crippen molar-refractivity contribution >= 4 is 17.7 Å². The number of nitrogen functional groups attached to an aromatic ring is 1. The third kappa shape index (κ3) is 3.88. The first kappa shape index (κ1) is 15.6. The van der Waals surface area contributed by atoms with Crippen LogP contribution in [0.3, 0.4) is 0 Å². The predicted octanol–water partition coefficient (Wildman–Crippen LogP) is 3.30. The number of aryl methyl sites for hydroxylation is 1. The van der Waals surface area contributed by atoms with Crippen LogP contribution in [0.5, 0.6) is 5.75 Å². The van der Waals surface area contributed by atoms with E-state index in [-0.39, 0.29) is 0 Å². The summed E-state index contributed by atoms with van der Waals surface area (Å²) in [5.74, 6) is -0.185. The molecule has 0 spiro atoms. The number of carboxylic acid groups (broad SMARTS) is 1. The number of hydrogen-bond acceptors (Lipinski definition) is 3. The van der Waals surface area contributed by atoms with Crippen LogP contribution in [-0.2, 0) is 11.2 Å². The molecule has 0 radical (unpaired) electrons. The van der Waals surface area contributed by atoms with Crippen LogP contribution in [0.15, 0.2) is 48.0 Å². The lowest BCUT2D eigenvalue weighted by Crippen LogP contribution is -2.05. The van der Waals surface area contributed by atoms with Crippen LogP contribution in [0.2, 0.25) is 0 Å². The van der Waals surface area contributed by atoms with E-state index in [1.807, 2.05) is 31.2 Å². The standard InChI is InChI=1S/C18H19NO3/c1-12-9-16(19)6-5-14(12)11-15(18(20)21)10-13-3-7-17(22-2)8-4-13/h3-10H,11,19H2,1-2H3,(H,20,21). The molecule has 0 bridgehead atoms. The summed E-state index contributed by atoms with van der Waals surface area (Å²) in [5, 5.41) is 9.42. The molecule has 22 heavy (non-hydrogen) atoms. The van der Waals surface area contributed by atoms with Crippen LogP contribution in [0.1, 0.15) is 16.7 Å². The SMILES string of the molecule is COc1ccc(C=C(Cc2ccc(N)cc2C)C(=O)O)cc1. The zero-order chi connectivity index (χ0) is 16.1. The average molecular weight is 297 g/mol. The van der Waals surface area contributed by atoms with Gasteiger partial charge in [-0.1, -0.05) is 18.2 Å². The number of aliphatic carboxylic acids is 1. The summed E-state index contributed by atoms with van der Waals surface area (Å²) in [7, 11) is 1.59. The van der Waals surface area contributed by atoms with Crippen molar-refractivity contribution in [3.8, 4) is 5.75 Å². The molecule has 0 aromatic heterocycles. The number of nitrogens with two attached hydrogens (primary N) is 1. The summed E-state index contributed by atoms with van der Waals surface area (Å²) in [6.45, 7) is 1.93. The Labute approximate surface area is 129 Å². The quantitative estimate of drug-likeness (QED) is 0.656. The van der Waals surface area contributed by atoms with E-state index in [1.165, 1.54) is 0 Å². The van der Waals surface area contributed by atoms with Crippen LogP contribution < -0.4 is 10.5 Å². The van der Waals surface area contributed by atoms with E-state index in [9.17, 15) is 9.90 Å². The zero-order valence-electron chi connectivity index (χ0n) is 12.7. The number of carbonyl (C=O) groups is 1. The molecule has 0 aliphatic heterocycles. The van der Waals surface area contributed by atoms with E-state index in [2.05, 4.69) is 0 Å². The summed E-state index contributed by atoms with van der Waals surface area (Å²) in [4.78, 5) is 11.5. The molecule has 114 valence electrons. The van der Waals surface area contributed by atoms with E-state index in [4.69, 9.17) is 10.5 Å². The molecule has 0 atom stereocenters. The molecule has 4 nitrogen and oxygen atoms in total. The maximum absolute atomic E-state index is 11.5. The van der Waals surface area contributed by atoms with Crippen molar-refractivity contribution in [2.24, 2.45) is 0 Å². The van der Waals surface area contributed by atoms with Gasteiger partial charge in [0.2, 0.25) is 0 Å². The lowest BCUT2D eigenvalue weighted by Gasteiger charge is -2.08. The molecular weight excluding hydrogens is 278 g/mol. The minimum Gasteiger partial charge on any atom is -0.497 e. The third-order valence-corrected chi connectivity index (χ3v) is 3.48. The monoisotopic (exact) mass is 297 g/mol. The first-order valence-electron chi connectivity index (χ1n) is 6.92. The van der Waals surface area contributed by atoms with Crippen molar-refractivity contribution in [3.05, 3.63) is 64.7 Å². The average Bonchev–Trinajstić information content (AvgIpc) is 2.49. The minimum atomic E-state index is -0.924. The minimum absolute atomic E-state index is 0.332. The van der Waals surface area contributed by atoms with Crippen LogP contribution in [0, 0.1) is 6.92 Å². The molecule has 0 saturated heterocycles. The maximum Gasteiger partial charge on any atom is 0.331 e. The largest absolute Gasteiger partial charge is 0.497 e. The first-order chi connectivity index (χ1) is 10.5. The van der Waals surface area contributed by atoms with Gasteiger partial charge in [0.15, 0.2) is 0 Å². The summed E-state index contributed by atoms with van der Waals surface area (Å²) < 4.78 is 5.10. The number of ether oxygens (including phenoxy) is 1. The van der Waals surface area contributed by atoms with Crippen LogP contribution >= 0.6 is 0 Å². The topological polar surface area (TPSA) is 72.5 Å². The molecule has 4 heteroatoms. The highest BCUT2D eigenvalue weighted by Crippen LogP contribution is 2.19. The molecule has 2 aromatic rings. The Morgan fingerprint density at radius 1 is 1.23 bits per heavy atom. The van der Waals surface area contributed by atoms with Crippen LogP contribution in [0.25, 0.3) is 6.08 Å². The number of methoxy groups -OCH3 is 1. The van der Waals surface area contributed by atoms with Gasteiger partial charge in [0.05, 0.1) is 7.11 Å².